The molecule has 1 aliphatic rings. The number of hydrogen-bond donors (Lipinski definition) is 2. The maximum atomic E-state index is 12.3. The fourth-order valence-corrected chi connectivity index (χ4v) is 3.33. The van der Waals surface area contributed by atoms with Gasteiger partial charge in [-0.25, -0.2) is 4.79 Å². The van der Waals surface area contributed by atoms with Crippen LogP contribution < -0.4 is 5.32 Å². The van der Waals surface area contributed by atoms with E-state index in [1.165, 1.54) is 0 Å². The zero-order valence-electron chi connectivity index (χ0n) is 14.7. The van der Waals surface area contributed by atoms with E-state index < -0.39 is 0 Å². The number of rotatable bonds is 5. The highest BCUT2D eigenvalue weighted by molar-refractivity contribution is 5.74. The largest absolute Gasteiger partial charge is 0.508 e. The Morgan fingerprint density at radius 2 is 2.16 bits per heavy atom. The monoisotopic (exact) mass is 342 g/mol. The number of phenolic OH excluding ortho intramolecular Hbond substituents is 1. The summed E-state index contributed by atoms with van der Waals surface area (Å²) >= 11 is 0. The first-order valence-corrected chi connectivity index (χ1v) is 8.92. The molecule has 6 heteroatoms. The van der Waals surface area contributed by atoms with Crippen LogP contribution in [0.1, 0.15) is 36.3 Å². The van der Waals surface area contributed by atoms with Crippen molar-refractivity contribution in [2.75, 3.05) is 19.6 Å². The lowest BCUT2D eigenvalue weighted by molar-refractivity contribution is 0.181. The summed E-state index contributed by atoms with van der Waals surface area (Å²) in [6, 6.07) is 7.47. The van der Waals surface area contributed by atoms with Crippen LogP contribution in [0.4, 0.5) is 4.79 Å². The summed E-state index contributed by atoms with van der Waals surface area (Å²) in [5.74, 6) is 0.726. The van der Waals surface area contributed by atoms with Crippen molar-refractivity contribution in [2.24, 2.45) is 0 Å². The molecule has 2 aromatic rings. The van der Waals surface area contributed by atoms with Gasteiger partial charge in [0.15, 0.2) is 0 Å². The fourth-order valence-electron chi connectivity index (χ4n) is 3.33. The van der Waals surface area contributed by atoms with Crippen LogP contribution in [-0.4, -0.2) is 45.5 Å². The number of aromatic nitrogens is 2. The molecule has 2 N–H and O–H groups in total. The Labute approximate surface area is 148 Å². The molecule has 0 aliphatic carbocycles. The second-order valence-electron chi connectivity index (χ2n) is 6.72. The maximum Gasteiger partial charge on any atom is 0.317 e. The fraction of sp³-hybridized carbons (Fsp3) is 0.474. The van der Waals surface area contributed by atoms with Crippen molar-refractivity contribution in [1.29, 1.82) is 0 Å². The third-order valence-electron chi connectivity index (χ3n) is 4.73. The molecule has 0 bridgehead atoms. The molecule has 1 aromatic heterocycles. The lowest BCUT2D eigenvalue weighted by atomic mass is 9.89. The van der Waals surface area contributed by atoms with Crippen molar-refractivity contribution in [3.63, 3.8) is 0 Å². The molecule has 2 heterocycles. The van der Waals surface area contributed by atoms with Crippen molar-refractivity contribution < 1.29 is 9.90 Å². The number of carbonyl (C=O) groups excluding carboxylic acids is 1. The van der Waals surface area contributed by atoms with Crippen molar-refractivity contribution in [2.45, 2.75) is 38.6 Å². The molecule has 0 saturated carbocycles. The van der Waals surface area contributed by atoms with Gasteiger partial charge in [-0.05, 0) is 55.4 Å². The molecule has 1 aliphatic heterocycles. The molecule has 2 amide bonds. The molecule has 0 atom stereocenters. The van der Waals surface area contributed by atoms with Gasteiger partial charge in [0.2, 0.25) is 0 Å². The smallest absolute Gasteiger partial charge is 0.317 e. The maximum absolute atomic E-state index is 12.3. The number of phenols is 1. The van der Waals surface area contributed by atoms with Gasteiger partial charge in [0.25, 0.3) is 0 Å². The first-order chi connectivity index (χ1) is 12.1. The van der Waals surface area contributed by atoms with Crippen molar-refractivity contribution in [3.05, 3.63) is 47.8 Å². The number of benzene rings is 1. The normalized spacial score (nSPS) is 15.3. The van der Waals surface area contributed by atoms with Crippen LogP contribution in [0.15, 0.2) is 36.7 Å². The van der Waals surface area contributed by atoms with E-state index in [4.69, 9.17) is 0 Å². The Balaban J connectivity index is 1.38. The average Bonchev–Trinajstić information content (AvgIpc) is 3.04. The number of amides is 2. The van der Waals surface area contributed by atoms with E-state index in [1.54, 1.807) is 6.07 Å². The van der Waals surface area contributed by atoms with Gasteiger partial charge in [-0.15, -0.1) is 0 Å². The summed E-state index contributed by atoms with van der Waals surface area (Å²) in [7, 11) is 0. The molecule has 1 fully saturated rings. The zero-order valence-corrected chi connectivity index (χ0v) is 14.7. The number of aryl methyl sites for hydroxylation is 2. The molecule has 6 nitrogen and oxygen atoms in total. The predicted molar refractivity (Wildman–Crippen MR) is 96.6 cm³/mol. The SMILES string of the molecule is Cc1cnn(CCCNC(=O)N2CCC(c3cccc(O)c3)CC2)c1. The predicted octanol–water partition coefficient (Wildman–Crippen LogP) is 2.88. The van der Waals surface area contributed by atoms with E-state index in [1.807, 2.05) is 41.0 Å². The van der Waals surface area contributed by atoms with Crippen LogP contribution in [0.2, 0.25) is 0 Å². The van der Waals surface area contributed by atoms with E-state index in [0.717, 1.165) is 50.0 Å². The molecule has 1 saturated heterocycles. The summed E-state index contributed by atoms with van der Waals surface area (Å²) in [6.45, 7) is 5.00. The minimum absolute atomic E-state index is 0.0194. The van der Waals surface area contributed by atoms with Crippen molar-refractivity contribution in [3.8, 4) is 5.75 Å². The summed E-state index contributed by atoms with van der Waals surface area (Å²) < 4.78 is 1.91. The standard InChI is InChI=1S/C19H26N4O2/c1-15-13-21-23(14-15)9-3-8-20-19(25)22-10-6-16(7-11-22)17-4-2-5-18(24)12-17/h2,4-5,12-14,16,24H,3,6-11H2,1H3,(H,20,25). The highest BCUT2D eigenvalue weighted by atomic mass is 16.3. The summed E-state index contributed by atoms with van der Waals surface area (Å²) in [5.41, 5.74) is 2.31. The topological polar surface area (TPSA) is 70.4 Å². The van der Waals surface area contributed by atoms with E-state index >= 15 is 0 Å². The number of carbonyl (C=O) groups is 1. The second-order valence-corrected chi connectivity index (χ2v) is 6.72. The Kier molecular flexibility index (Phi) is 5.58. The Morgan fingerprint density at radius 3 is 2.84 bits per heavy atom. The number of likely N-dealkylation sites (tertiary alicyclic amines) is 1. The minimum atomic E-state index is 0.0194. The molecule has 134 valence electrons. The zero-order chi connectivity index (χ0) is 17.6. The summed E-state index contributed by atoms with van der Waals surface area (Å²) in [5, 5.41) is 16.8. The lowest BCUT2D eigenvalue weighted by Gasteiger charge is -2.32. The molecule has 25 heavy (non-hydrogen) atoms. The number of hydrogen-bond acceptors (Lipinski definition) is 3. The van der Waals surface area contributed by atoms with Crippen molar-refractivity contribution >= 4 is 6.03 Å². The Morgan fingerprint density at radius 1 is 1.36 bits per heavy atom. The van der Waals surface area contributed by atoms with E-state index in [2.05, 4.69) is 16.5 Å². The van der Waals surface area contributed by atoms with Gasteiger partial charge in [0.1, 0.15) is 5.75 Å². The van der Waals surface area contributed by atoms with Crippen molar-refractivity contribution in [1.82, 2.24) is 20.0 Å². The molecular weight excluding hydrogens is 316 g/mol. The highest BCUT2D eigenvalue weighted by Gasteiger charge is 2.23. The minimum Gasteiger partial charge on any atom is -0.508 e. The average molecular weight is 342 g/mol. The van der Waals surface area contributed by atoms with E-state index in [0.29, 0.717) is 18.2 Å². The van der Waals surface area contributed by atoms with Crippen LogP contribution in [0.5, 0.6) is 5.75 Å². The number of nitrogens with zero attached hydrogens (tertiary/aromatic N) is 3. The third kappa shape index (κ3) is 4.75. The van der Waals surface area contributed by atoms with Gasteiger partial charge >= 0.3 is 6.03 Å². The molecule has 0 spiro atoms. The Bertz CT molecular complexity index is 705. The van der Waals surface area contributed by atoms with Crippen LogP contribution in [0, 0.1) is 6.92 Å². The number of urea groups is 1. The van der Waals surface area contributed by atoms with Gasteiger partial charge < -0.3 is 15.3 Å². The van der Waals surface area contributed by atoms with Crippen LogP contribution >= 0.6 is 0 Å². The Hall–Kier alpha value is -2.50. The quantitative estimate of drug-likeness (QED) is 0.821. The van der Waals surface area contributed by atoms with E-state index in [-0.39, 0.29) is 6.03 Å². The molecule has 1 aromatic carbocycles. The first-order valence-electron chi connectivity index (χ1n) is 8.92. The van der Waals surface area contributed by atoms with Crippen LogP contribution in [0.3, 0.4) is 0 Å². The molecule has 0 unspecified atom stereocenters. The molecule has 3 rings (SSSR count). The molecular formula is C19H26N4O2. The van der Waals surface area contributed by atoms with Crippen LogP contribution in [0.25, 0.3) is 0 Å². The molecule has 0 radical (unpaired) electrons. The summed E-state index contributed by atoms with van der Waals surface area (Å²) in [6.07, 6.45) is 6.59. The van der Waals surface area contributed by atoms with Gasteiger partial charge in [-0.3, -0.25) is 4.68 Å². The number of aromatic hydroxyl groups is 1. The van der Waals surface area contributed by atoms with Gasteiger partial charge in [-0.1, -0.05) is 12.1 Å². The third-order valence-corrected chi connectivity index (χ3v) is 4.73. The number of nitrogens with one attached hydrogen (secondary N) is 1. The summed E-state index contributed by atoms with van der Waals surface area (Å²) in [4.78, 5) is 14.1. The van der Waals surface area contributed by atoms with Crippen LogP contribution in [-0.2, 0) is 6.54 Å². The lowest BCUT2D eigenvalue weighted by Crippen LogP contribution is -2.44. The second kappa shape index (κ2) is 8.05. The van der Waals surface area contributed by atoms with Gasteiger partial charge in [0.05, 0.1) is 6.20 Å². The first kappa shape index (κ1) is 17.3. The highest BCUT2D eigenvalue weighted by Crippen LogP contribution is 2.29. The van der Waals surface area contributed by atoms with Gasteiger partial charge in [-0.2, -0.15) is 5.10 Å². The van der Waals surface area contributed by atoms with E-state index in [9.17, 15) is 9.90 Å². The van der Waals surface area contributed by atoms with Gasteiger partial charge in [0, 0.05) is 32.4 Å². The number of piperidine rings is 1.